The molecule has 5 heteroatoms. The number of amides is 2. The fourth-order valence-electron chi connectivity index (χ4n) is 3.19. The number of primary amides is 1. The molecule has 150 valence electrons. The monoisotopic (exact) mass is 382 g/mol. The topological polar surface area (TPSA) is 88.8 Å². The number of carbonyl (C=O) groups is 2. The van der Waals surface area contributed by atoms with Crippen molar-refractivity contribution in [2.24, 2.45) is 11.7 Å². The number of carbonyl (C=O) groups excluding carboxylic acids is 2. The second-order valence-electron chi connectivity index (χ2n) is 8.00. The van der Waals surface area contributed by atoms with Crippen LogP contribution in [0.4, 0.5) is 5.69 Å². The molecule has 0 fully saturated rings. The van der Waals surface area contributed by atoms with Crippen molar-refractivity contribution in [2.75, 3.05) is 5.32 Å². The number of hydrogen-bond donors (Lipinski definition) is 3. The van der Waals surface area contributed by atoms with E-state index >= 15 is 0 Å². The predicted molar refractivity (Wildman–Crippen MR) is 113 cm³/mol. The maximum Gasteiger partial charge on any atom is 0.282 e. The molecule has 5 N–H and O–H groups in total. The van der Waals surface area contributed by atoms with Gasteiger partial charge in [0, 0.05) is 22.7 Å². The van der Waals surface area contributed by atoms with E-state index in [-0.39, 0.29) is 18.0 Å². The van der Waals surface area contributed by atoms with Crippen LogP contribution in [0.5, 0.6) is 0 Å². The van der Waals surface area contributed by atoms with Crippen LogP contribution in [0.15, 0.2) is 48.5 Å². The van der Waals surface area contributed by atoms with Crippen LogP contribution in [0.25, 0.3) is 0 Å². The number of hydrogen-bond acceptors (Lipinski definition) is 2. The Kier molecular flexibility index (Phi) is 7.35. The molecule has 0 radical (unpaired) electrons. The number of anilines is 1. The van der Waals surface area contributed by atoms with E-state index in [1.165, 1.54) is 11.1 Å². The van der Waals surface area contributed by atoms with Gasteiger partial charge in [0.15, 0.2) is 6.04 Å². The summed E-state index contributed by atoms with van der Waals surface area (Å²) >= 11 is 0. The molecule has 28 heavy (non-hydrogen) atoms. The van der Waals surface area contributed by atoms with Crippen molar-refractivity contribution < 1.29 is 14.9 Å². The highest BCUT2D eigenvalue weighted by molar-refractivity contribution is 5.95. The fourth-order valence-corrected chi connectivity index (χ4v) is 3.19. The summed E-state index contributed by atoms with van der Waals surface area (Å²) < 4.78 is 0. The van der Waals surface area contributed by atoms with Gasteiger partial charge in [0.2, 0.25) is 5.91 Å². The van der Waals surface area contributed by atoms with E-state index < -0.39 is 5.91 Å². The van der Waals surface area contributed by atoms with E-state index in [0.29, 0.717) is 23.1 Å². The lowest BCUT2D eigenvalue weighted by molar-refractivity contribution is -0.718. The Morgan fingerprint density at radius 1 is 0.857 bits per heavy atom. The predicted octanol–water partition coefficient (Wildman–Crippen LogP) is 3.20. The highest BCUT2D eigenvalue weighted by atomic mass is 16.2. The molecular weight excluding hydrogens is 350 g/mol. The van der Waals surface area contributed by atoms with Crippen LogP contribution in [-0.2, 0) is 4.79 Å². The molecule has 2 rings (SSSR count). The van der Waals surface area contributed by atoms with Gasteiger partial charge >= 0.3 is 0 Å². The molecule has 0 aliphatic carbocycles. The molecule has 2 aromatic rings. The lowest BCUT2D eigenvalue weighted by Gasteiger charge is -2.23. The minimum Gasteiger partial charge on any atom is -0.366 e. The minimum atomic E-state index is -0.483. The highest BCUT2D eigenvalue weighted by Crippen LogP contribution is 2.21. The largest absolute Gasteiger partial charge is 0.366 e. The summed E-state index contributed by atoms with van der Waals surface area (Å²) in [5.41, 5.74) is 8.86. The van der Waals surface area contributed by atoms with Gasteiger partial charge in [-0.2, -0.15) is 0 Å². The standard InChI is InChI=1S/C23H31N3O2/c1-14(2)17-6-8-18(9-7-17)21(15(3)4)25-16(5)23(28)26-20-12-10-19(11-13-20)22(24)27/h6-16,21,25H,1-5H3,(H2,24,27)(H,26,28)/p+1/t16-,21-/m1/s1. The Morgan fingerprint density at radius 2 is 1.39 bits per heavy atom. The quantitative estimate of drug-likeness (QED) is 0.654. The molecule has 0 bridgehead atoms. The molecular formula is C23H32N3O2+. The van der Waals surface area contributed by atoms with Crippen molar-refractivity contribution in [1.82, 2.24) is 0 Å². The average Bonchev–Trinajstić information content (AvgIpc) is 2.66. The van der Waals surface area contributed by atoms with E-state index in [1.807, 2.05) is 6.92 Å². The first-order chi connectivity index (χ1) is 13.2. The lowest BCUT2D eigenvalue weighted by Crippen LogP contribution is -2.93. The van der Waals surface area contributed by atoms with Gasteiger partial charge in [-0.15, -0.1) is 0 Å². The molecule has 0 saturated heterocycles. The summed E-state index contributed by atoms with van der Waals surface area (Å²) in [6, 6.07) is 15.2. The molecule has 0 saturated carbocycles. The fraction of sp³-hybridized carbons (Fsp3) is 0.391. The Hall–Kier alpha value is -2.66. The number of quaternary nitrogens is 1. The summed E-state index contributed by atoms with van der Waals surface area (Å²) in [5, 5.41) is 5.02. The first kappa shape index (κ1) is 21.6. The summed E-state index contributed by atoms with van der Waals surface area (Å²) in [4.78, 5) is 23.8. The first-order valence-electron chi connectivity index (χ1n) is 9.84. The van der Waals surface area contributed by atoms with Gasteiger partial charge in [-0.3, -0.25) is 9.59 Å². The summed E-state index contributed by atoms with van der Waals surface area (Å²) in [6.45, 7) is 10.6. The summed E-state index contributed by atoms with van der Waals surface area (Å²) in [6.07, 6.45) is 0. The van der Waals surface area contributed by atoms with Gasteiger partial charge in [-0.25, -0.2) is 0 Å². The number of nitrogens with two attached hydrogens (primary N) is 2. The van der Waals surface area contributed by atoms with Gasteiger partial charge in [0.25, 0.3) is 5.91 Å². The van der Waals surface area contributed by atoms with Crippen molar-refractivity contribution in [1.29, 1.82) is 0 Å². The van der Waals surface area contributed by atoms with Crippen LogP contribution in [0.3, 0.4) is 0 Å². The maximum absolute atomic E-state index is 12.6. The van der Waals surface area contributed by atoms with Gasteiger partial charge in [-0.05, 0) is 42.7 Å². The van der Waals surface area contributed by atoms with Crippen LogP contribution >= 0.6 is 0 Å². The average molecular weight is 383 g/mol. The smallest absolute Gasteiger partial charge is 0.282 e. The van der Waals surface area contributed by atoms with E-state index in [0.717, 1.165) is 0 Å². The minimum absolute atomic E-state index is 0.0729. The van der Waals surface area contributed by atoms with Crippen molar-refractivity contribution in [3.8, 4) is 0 Å². The summed E-state index contributed by atoms with van der Waals surface area (Å²) in [7, 11) is 0. The van der Waals surface area contributed by atoms with Crippen molar-refractivity contribution in [3.05, 3.63) is 65.2 Å². The molecule has 0 aliphatic rings. The number of benzene rings is 2. The van der Waals surface area contributed by atoms with Crippen LogP contribution < -0.4 is 16.4 Å². The van der Waals surface area contributed by atoms with E-state index in [9.17, 15) is 9.59 Å². The molecule has 2 atom stereocenters. The zero-order chi connectivity index (χ0) is 20.8. The van der Waals surface area contributed by atoms with Gasteiger partial charge in [0.1, 0.15) is 6.04 Å². The number of nitrogens with one attached hydrogen (secondary N) is 1. The van der Waals surface area contributed by atoms with Crippen molar-refractivity contribution in [2.45, 2.75) is 52.6 Å². The number of rotatable bonds is 8. The van der Waals surface area contributed by atoms with E-state index in [4.69, 9.17) is 5.73 Å². The SMILES string of the molecule is CC(C)c1ccc([C@H]([NH2+][C@H](C)C(=O)Nc2ccc(C(N)=O)cc2)C(C)C)cc1. The third-order valence-corrected chi connectivity index (χ3v) is 5.05. The normalized spacial score (nSPS) is 13.4. The summed E-state index contributed by atoms with van der Waals surface area (Å²) in [5.74, 6) is 0.329. The Morgan fingerprint density at radius 3 is 1.86 bits per heavy atom. The Bertz CT molecular complexity index is 796. The molecule has 0 spiro atoms. The van der Waals surface area contributed by atoms with E-state index in [2.05, 4.69) is 62.6 Å². The van der Waals surface area contributed by atoms with Crippen LogP contribution in [-0.4, -0.2) is 17.9 Å². The Labute approximate surface area is 167 Å². The van der Waals surface area contributed by atoms with Gasteiger partial charge in [-0.1, -0.05) is 52.0 Å². The van der Waals surface area contributed by atoms with Gasteiger partial charge < -0.3 is 16.4 Å². The van der Waals surface area contributed by atoms with Crippen LogP contribution in [0.1, 0.15) is 68.1 Å². The van der Waals surface area contributed by atoms with Gasteiger partial charge in [0.05, 0.1) is 0 Å². The maximum atomic E-state index is 12.6. The molecule has 0 unspecified atom stereocenters. The zero-order valence-corrected chi connectivity index (χ0v) is 17.4. The molecule has 2 amide bonds. The third kappa shape index (κ3) is 5.67. The molecule has 0 aliphatic heterocycles. The van der Waals surface area contributed by atoms with Crippen molar-refractivity contribution >= 4 is 17.5 Å². The molecule has 0 aromatic heterocycles. The van der Waals surface area contributed by atoms with Crippen LogP contribution in [0.2, 0.25) is 0 Å². The second-order valence-corrected chi connectivity index (χ2v) is 8.00. The first-order valence-corrected chi connectivity index (χ1v) is 9.84. The molecule has 5 nitrogen and oxygen atoms in total. The van der Waals surface area contributed by atoms with Crippen molar-refractivity contribution in [3.63, 3.8) is 0 Å². The molecule has 0 heterocycles. The second kappa shape index (κ2) is 9.51. The third-order valence-electron chi connectivity index (χ3n) is 5.05. The zero-order valence-electron chi connectivity index (χ0n) is 17.4. The van der Waals surface area contributed by atoms with Crippen LogP contribution in [0, 0.1) is 5.92 Å². The van der Waals surface area contributed by atoms with E-state index in [1.54, 1.807) is 24.3 Å². The highest BCUT2D eigenvalue weighted by Gasteiger charge is 2.26. The lowest BCUT2D eigenvalue weighted by atomic mass is 9.93. The molecule has 2 aromatic carbocycles. The Balaban J connectivity index is 2.05.